The van der Waals surface area contributed by atoms with Gasteiger partial charge in [0, 0.05) is 11.6 Å². The smallest absolute Gasteiger partial charge is 0.191 e. The molecule has 25 heavy (non-hydrogen) atoms. The summed E-state index contributed by atoms with van der Waals surface area (Å²) in [5.74, 6) is 2.35. The molecule has 0 saturated carbocycles. The van der Waals surface area contributed by atoms with Gasteiger partial charge in [0.1, 0.15) is 11.5 Å². The molecule has 0 saturated heterocycles. The Morgan fingerprint density at radius 2 is 1.92 bits per heavy atom. The Kier molecular flexibility index (Phi) is 9.31. The maximum absolute atomic E-state index is 10.3. The van der Waals surface area contributed by atoms with E-state index in [0.717, 1.165) is 23.6 Å². The van der Waals surface area contributed by atoms with Crippen molar-refractivity contribution in [2.45, 2.75) is 32.9 Å². The number of aliphatic imine (C=N–C) groups is 1. The van der Waals surface area contributed by atoms with Gasteiger partial charge >= 0.3 is 0 Å². The molecule has 2 atom stereocenters. The molecule has 0 amide bonds. The van der Waals surface area contributed by atoms with Crippen LogP contribution < -0.4 is 10.6 Å². The van der Waals surface area contributed by atoms with Gasteiger partial charge in [-0.05, 0) is 50.6 Å². The standard InChI is InChI=1S/C18H24ClN3O2.HI/c1-4-20-18(22-13(3)17-10-5-12(2)24-17)21-11-16(23)14-6-8-15(19)9-7-14;/h5-10,13,16,23H,4,11H2,1-3H3,(H2,20,21,22);1H. The lowest BCUT2D eigenvalue weighted by Gasteiger charge is -2.17. The second-order valence-corrected chi connectivity index (χ2v) is 6.04. The quantitative estimate of drug-likeness (QED) is 0.331. The lowest BCUT2D eigenvalue weighted by atomic mass is 10.1. The molecule has 1 aromatic heterocycles. The van der Waals surface area contributed by atoms with Crippen LogP contribution in [0.4, 0.5) is 0 Å². The second kappa shape index (κ2) is 10.7. The summed E-state index contributed by atoms with van der Waals surface area (Å²) in [7, 11) is 0. The molecule has 3 N–H and O–H groups in total. The van der Waals surface area contributed by atoms with Crippen molar-refractivity contribution in [2.24, 2.45) is 4.99 Å². The maximum atomic E-state index is 10.3. The predicted octanol–water partition coefficient (Wildman–Crippen LogP) is 4.21. The first kappa shape index (κ1) is 21.8. The first-order chi connectivity index (χ1) is 11.5. The normalized spacial score (nSPS) is 13.7. The highest BCUT2D eigenvalue weighted by Crippen LogP contribution is 2.17. The van der Waals surface area contributed by atoms with Crippen molar-refractivity contribution in [1.29, 1.82) is 0 Å². The average Bonchev–Trinajstić information content (AvgIpc) is 3.00. The Bertz CT molecular complexity index is 673. The molecule has 1 heterocycles. The topological polar surface area (TPSA) is 69.8 Å². The van der Waals surface area contributed by atoms with Crippen molar-refractivity contribution >= 4 is 41.5 Å². The molecule has 2 rings (SSSR count). The van der Waals surface area contributed by atoms with Crippen molar-refractivity contribution in [1.82, 2.24) is 10.6 Å². The maximum Gasteiger partial charge on any atom is 0.191 e. The number of hydrogen-bond acceptors (Lipinski definition) is 3. The van der Waals surface area contributed by atoms with Crippen LogP contribution in [-0.2, 0) is 0 Å². The number of halogens is 2. The fraction of sp³-hybridized carbons (Fsp3) is 0.389. The van der Waals surface area contributed by atoms with Crippen molar-refractivity contribution in [3.63, 3.8) is 0 Å². The van der Waals surface area contributed by atoms with Gasteiger partial charge in [-0.1, -0.05) is 23.7 Å². The van der Waals surface area contributed by atoms with Gasteiger partial charge in [-0.15, -0.1) is 24.0 Å². The number of nitrogens with one attached hydrogen (secondary N) is 2. The number of aliphatic hydroxyl groups is 1. The summed E-state index contributed by atoms with van der Waals surface area (Å²) < 4.78 is 5.62. The summed E-state index contributed by atoms with van der Waals surface area (Å²) in [6, 6.07) is 11.0. The SMILES string of the molecule is CCNC(=NCC(O)c1ccc(Cl)cc1)NC(C)c1ccc(C)o1.I. The van der Waals surface area contributed by atoms with E-state index in [2.05, 4.69) is 15.6 Å². The van der Waals surface area contributed by atoms with E-state index in [9.17, 15) is 5.11 Å². The third-order valence-corrected chi connectivity index (χ3v) is 3.81. The Morgan fingerprint density at radius 3 is 2.48 bits per heavy atom. The first-order valence-corrected chi connectivity index (χ1v) is 8.42. The zero-order valence-electron chi connectivity index (χ0n) is 14.6. The van der Waals surface area contributed by atoms with Crippen LogP contribution in [0.3, 0.4) is 0 Å². The van der Waals surface area contributed by atoms with Gasteiger partial charge in [-0.3, -0.25) is 4.99 Å². The summed E-state index contributed by atoms with van der Waals surface area (Å²) in [6.07, 6.45) is -0.682. The average molecular weight is 478 g/mol. The fourth-order valence-electron chi connectivity index (χ4n) is 2.25. The molecule has 0 spiro atoms. The van der Waals surface area contributed by atoms with Crippen LogP contribution in [0.25, 0.3) is 0 Å². The number of aryl methyl sites for hydroxylation is 1. The fourth-order valence-corrected chi connectivity index (χ4v) is 2.38. The van der Waals surface area contributed by atoms with Gasteiger partial charge in [0.2, 0.25) is 0 Å². The highest BCUT2D eigenvalue weighted by Gasteiger charge is 2.12. The molecule has 1 aromatic carbocycles. The number of hydrogen-bond donors (Lipinski definition) is 3. The van der Waals surface area contributed by atoms with Gasteiger partial charge in [-0.2, -0.15) is 0 Å². The third-order valence-electron chi connectivity index (χ3n) is 3.56. The number of aliphatic hydroxyl groups excluding tert-OH is 1. The van der Waals surface area contributed by atoms with Gasteiger partial charge in [0.15, 0.2) is 5.96 Å². The predicted molar refractivity (Wildman–Crippen MR) is 113 cm³/mol. The largest absolute Gasteiger partial charge is 0.464 e. The van der Waals surface area contributed by atoms with Crippen LogP contribution in [-0.4, -0.2) is 24.2 Å². The molecule has 0 aliphatic rings. The monoisotopic (exact) mass is 477 g/mol. The summed E-state index contributed by atoms with van der Waals surface area (Å²) >= 11 is 5.86. The number of benzene rings is 1. The van der Waals surface area contributed by atoms with Crippen molar-refractivity contribution in [3.05, 3.63) is 58.5 Å². The van der Waals surface area contributed by atoms with E-state index < -0.39 is 6.10 Å². The van der Waals surface area contributed by atoms with Crippen LogP contribution in [0.1, 0.15) is 43.1 Å². The summed E-state index contributed by atoms with van der Waals surface area (Å²) in [6.45, 7) is 6.89. The highest BCUT2D eigenvalue weighted by atomic mass is 127. The van der Waals surface area contributed by atoms with E-state index in [1.54, 1.807) is 24.3 Å². The van der Waals surface area contributed by atoms with Gasteiger partial charge in [0.25, 0.3) is 0 Å². The Labute approximate surface area is 170 Å². The summed E-state index contributed by atoms with van der Waals surface area (Å²) in [4.78, 5) is 4.45. The van der Waals surface area contributed by atoms with Gasteiger partial charge < -0.3 is 20.2 Å². The minimum atomic E-state index is -0.682. The summed E-state index contributed by atoms with van der Waals surface area (Å²) in [5, 5.41) is 17.4. The Morgan fingerprint density at radius 1 is 1.24 bits per heavy atom. The number of furan rings is 1. The molecule has 0 aliphatic carbocycles. The molecule has 0 bridgehead atoms. The molecule has 5 nitrogen and oxygen atoms in total. The van der Waals surface area contributed by atoms with Crippen LogP contribution >= 0.6 is 35.6 Å². The van der Waals surface area contributed by atoms with E-state index >= 15 is 0 Å². The van der Waals surface area contributed by atoms with Crippen LogP contribution in [0.2, 0.25) is 5.02 Å². The lowest BCUT2D eigenvalue weighted by molar-refractivity contribution is 0.187. The lowest BCUT2D eigenvalue weighted by Crippen LogP contribution is -2.39. The number of rotatable bonds is 6. The van der Waals surface area contributed by atoms with E-state index in [0.29, 0.717) is 11.0 Å². The minimum Gasteiger partial charge on any atom is -0.464 e. The van der Waals surface area contributed by atoms with Crippen LogP contribution in [0, 0.1) is 6.92 Å². The molecule has 138 valence electrons. The Balaban J connectivity index is 0.00000312. The minimum absolute atomic E-state index is 0. The van der Waals surface area contributed by atoms with Crippen molar-refractivity contribution < 1.29 is 9.52 Å². The zero-order valence-corrected chi connectivity index (χ0v) is 17.7. The van der Waals surface area contributed by atoms with E-state index in [1.807, 2.05) is 32.9 Å². The highest BCUT2D eigenvalue weighted by molar-refractivity contribution is 14.0. The van der Waals surface area contributed by atoms with Gasteiger partial charge in [-0.25, -0.2) is 0 Å². The zero-order chi connectivity index (χ0) is 17.5. The molecule has 0 radical (unpaired) electrons. The molecule has 2 unspecified atom stereocenters. The molecule has 0 aliphatic heterocycles. The third kappa shape index (κ3) is 6.87. The molecule has 7 heteroatoms. The van der Waals surface area contributed by atoms with Crippen LogP contribution in [0.5, 0.6) is 0 Å². The Hall–Kier alpha value is -1.25. The number of guanidine groups is 1. The van der Waals surface area contributed by atoms with E-state index in [4.69, 9.17) is 16.0 Å². The first-order valence-electron chi connectivity index (χ1n) is 8.04. The van der Waals surface area contributed by atoms with Crippen molar-refractivity contribution in [2.75, 3.05) is 13.1 Å². The van der Waals surface area contributed by atoms with Gasteiger partial charge in [0.05, 0.1) is 18.7 Å². The molecule has 2 aromatic rings. The van der Waals surface area contributed by atoms with Crippen molar-refractivity contribution in [3.8, 4) is 0 Å². The van der Waals surface area contributed by atoms with E-state index in [1.165, 1.54) is 0 Å². The number of nitrogens with zero attached hydrogens (tertiary/aromatic N) is 1. The molecule has 0 fully saturated rings. The second-order valence-electron chi connectivity index (χ2n) is 5.60. The molecular formula is C18H25ClIN3O2. The van der Waals surface area contributed by atoms with E-state index in [-0.39, 0.29) is 36.6 Å². The summed E-state index contributed by atoms with van der Waals surface area (Å²) in [5.41, 5.74) is 0.786. The van der Waals surface area contributed by atoms with Crippen LogP contribution in [0.15, 0.2) is 45.8 Å². The molecular weight excluding hydrogens is 453 g/mol.